The number of hydrogen-bond acceptors (Lipinski definition) is 1. The SMILES string of the molecule is C[Si](C)(C)C#Cc1ccsc1Br. The molecule has 0 aliphatic carbocycles. The fourth-order valence-corrected chi connectivity index (χ4v) is 2.27. The molecule has 1 heterocycles. The summed E-state index contributed by atoms with van der Waals surface area (Å²) in [5.74, 6) is 3.21. The lowest BCUT2D eigenvalue weighted by Gasteiger charge is -2.02. The average molecular weight is 259 g/mol. The van der Waals surface area contributed by atoms with E-state index in [-0.39, 0.29) is 0 Å². The number of thiophene rings is 1. The first kappa shape index (κ1) is 10.0. The lowest BCUT2D eigenvalue weighted by Crippen LogP contribution is -2.16. The van der Waals surface area contributed by atoms with Gasteiger partial charge in [0.05, 0.1) is 3.79 Å². The normalized spacial score (nSPS) is 10.7. The van der Waals surface area contributed by atoms with Gasteiger partial charge >= 0.3 is 0 Å². The number of hydrogen-bond donors (Lipinski definition) is 0. The maximum atomic E-state index is 3.47. The maximum Gasteiger partial charge on any atom is 0.129 e. The Morgan fingerprint density at radius 1 is 1.42 bits per heavy atom. The Morgan fingerprint density at radius 2 is 2.08 bits per heavy atom. The zero-order chi connectivity index (χ0) is 9.19. The highest BCUT2D eigenvalue weighted by Gasteiger charge is 2.07. The van der Waals surface area contributed by atoms with Crippen LogP contribution in [0.15, 0.2) is 15.2 Å². The number of rotatable bonds is 0. The highest BCUT2D eigenvalue weighted by Crippen LogP contribution is 2.22. The van der Waals surface area contributed by atoms with Crippen molar-refractivity contribution in [1.82, 2.24) is 0 Å². The quantitative estimate of drug-likeness (QED) is 0.492. The minimum absolute atomic E-state index is 1.13. The van der Waals surface area contributed by atoms with E-state index in [1.807, 2.05) is 0 Å². The van der Waals surface area contributed by atoms with Crippen LogP contribution in [0, 0.1) is 11.5 Å². The topological polar surface area (TPSA) is 0 Å². The maximum absolute atomic E-state index is 3.47. The summed E-state index contributed by atoms with van der Waals surface area (Å²) in [7, 11) is -1.21. The summed E-state index contributed by atoms with van der Waals surface area (Å²) in [5, 5.41) is 2.05. The molecule has 0 spiro atoms. The predicted octanol–water partition coefficient (Wildman–Crippen LogP) is 3.74. The first-order chi connectivity index (χ1) is 5.49. The Balaban J connectivity index is 2.87. The van der Waals surface area contributed by atoms with E-state index in [4.69, 9.17) is 0 Å². The summed E-state index contributed by atoms with van der Waals surface area (Å²) in [6, 6.07) is 2.06. The lowest BCUT2D eigenvalue weighted by molar-refractivity contribution is 1.78. The van der Waals surface area contributed by atoms with Crippen LogP contribution in [0.25, 0.3) is 0 Å². The Hall–Kier alpha value is -0.0431. The van der Waals surface area contributed by atoms with Gasteiger partial charge in [0.2, 0.25) is 0 Å². The van der Waals surface area contributed by atoms with Crippen LogP contribution in [-0.2, 0) is 0 Å². The van der Waals surface area contributed by atoms with Crippen LogP contribution in [0.1, 0.15) is 5.56 Å². The van der Waals surface area contributed by atoms with Gasteiger partial charge in [-0.3, -0.25) is 0 Å². The van der Waals surface area contributed by atoms with Crippen molar-refractivity contribution in [3.05, 3.63) is 20.8 Å². The van der Waals surface area contributed by atoms with Crippen LogP contribution in [0.5, 0.6) is 0 Å². The summed E-state index contributed by atoms with van der Waals surface area (Å²) in [6.45, 7) is 6.75. The van der Waals surface area contributed by atoms with Crippen molar-refractivity contribution in [3.8, 4) is 11.5 Å². The van der Waals surface area contributed by atoms with Gasteiger partial charge in [-0.2, -0.15) is 0 Å². The van der Waals surface area contributed by atoms with Crippen LogP contribution in [-0.4, -0.2) is 8.07 Å². The number of halogens is 1. The summed E-state index contributed by atoms with van der Waals surface area (Å²) in [4.78, 5) is 0. The van der Waals surface area contributed by atoms with Gasteiger partial charge in [0.25, 0.3) is 0 Å². The van der Waals surface area contributed by atoms with E-state index < -0.39 is 8.07 Å². The molecular formula is C9H11BrSSi. The van der Waals surface area contributed by atoms with Gasteiger partial charge in [0.15, 0.2) is 0 Å². The summed E-state index contributed by atoms with van der Waals surface area (Å²) < 4.78 is 1.15. The molecule has 3 heteroatoms. The zero-order valence-corrected chi connectivity index (χ0v) is 10.8. The van der Waals surface area contributed by atoms with E-state index in [0.717, 1.165) is 9.35 Å². The van der Waals surface area contributed by atoms with E-state index in [1.54, 1.807) is 11.3 Å². The second-order valence-corrected chi connectivity index (χ2v) is 10.6. The lowest BCUT2D eigenvalue weighted by atomic mass is 10.4. The molecule has 0 unspecified atom stereocenters. The first-order valence-corrected chi connectivity index (χ1v) is 8.92. The van der Waals surface area contributed by atoms with Crippen molar-refractivity contribution < 1.29 is 0 Å². The van der Waals surface area contributed by atoms with E-state index in [9.17, 15) is 0 Å². The summed E-state index contributed by atoms with van der Waals surface area (Å²) in [6.07, 6.45) is 0. The molecule has 0 saturated heterocycles. The van der Waals surface area contributed by atoms with Gasteiger partial charge in [-0.05, 0) is 27.4 Å². The Kier molecular flexibility index (Phi) is 3.16. The van der Waals surface area contributed by atoms with Crippen LogP contribution in [0.3, 0.4) is 0 Å². The van der Waals surface area contributed by atoms with E-state index in [2.05, 4.69) is 58.5 Å². The molecule has 12 heavy (non-hydrogen) atoms. The van der Waals surface area contributed by atoms with Crippen LogP contribution < -0.4 is 0 Å². The Morgan fingerprint density at radius 3 is 2.50 bits per heavy atom. The van der Waals surface area contributed by atoms with Crippen molar-refractivity contribution in [1.29, 1.82) is 0 Å². The highest BCUT2D eigenvalue weighted by atomic mass is 79.9. The van der Waals surface area contributed by atoms with Crippen LogP contribution in [0.2, 0.25) is 19.6 Å². The van der Waals surface area contributed by atoms with Crippen LogP contribution >= 0.6 is 27.3 Å². The molecule has 1 rings (SSSR count). The molecule has 0 amide bonds. The molecule has 1 aromatic rings. The molecule has 0 radical (unpaired) electrons. The van der Waals surface area contributed by atoms with Gasteiger partial charge < -0.3 is 0 Å². The Bertz CT molecular complexity index is 324. The standard InChI is InChI=1S/C9H11BrSSi/c1-12(2,3)7-5-8-4-6-11-9(8)10/h4,6H,1-3H3. The predicted molar refractivity (Wildman–Crippen MR) is 62.2 cm³/mol. The molecule has 0 fully saturated rings. The third-order valence-electron chi connectivity index (χ3n) is 1.19. The molecular weight excluding hydrogens is 248 g/mol. The molecule has 0 aliphatic rings. The van der Waals surface area contributed by atoms with E-state index >= 15 is 0 Å². The van der Waals surface area contributed by atoms with Crippen molar-refractivity contribution >= 4 is 35.3 Å². The van der Waals surface area contributed by atoms with Crippen molar-refractivity contribution in [3.63, 3.8) is 0 Å². The molecule has 1 aromatic heterocycles. The van der Waals surface area contributed by atoms with E-state index in [1.165, 1.54) is 0 Å². The second kappa shape index (κ2) is 3.78. The second-order valence-electron chi connectivity index (χ2n) is 3.61. The van der Waals surface area contributed by atoms with E-state index in [0.29, 0.717) is 0 Å². The average Bonchev–Trinajstić information content (AvgIpc) is 2.29. The Labute approximate surface area is 87.1 Å². The third kappa shape index (κ3) is 3.14. The fraction of sp³-hybridized carbons (Fsp3) is 0.333. The van der Waals surface area contributed by atoms with Crippen molar-refractivity contribution in [2.24, 2.45) is 0 Å². The highest BCUT2D eigenvalue weighted by molar-refractivity contribution is 9.11. The summed E-state index contributed by atoms with van der Waals surface area (Å²) in [5.41, 5.74) is 4.46. The largest absolute Gasteiger partial charge is 0.135 e. The van der Waals surface area contributed by atoms with Gasteiger partial charge in [-0.15, -0.1) is 16.9 Å². The van der Waals surface area contributed by atoms with Gasteiger partial charge in [-0.1, -0.05) is 25.6 Å². The zero-order valence-electron chi connectivity index (χ0n) is 7.44. The first-order valence-electron chi connectivity index (χ1n) is 3.75. The minimum atomic E-state index is -1.21. The molecule has 0 saturated carbocycles. The third-order valence-corrected chi connectivity index (χ3v) is 3.75. The van der Waals surface area contributed by atoms with Crippen LogP contribution in [0.4, 0.5) is 0 Å². The van der Waals surface area contributed by atoms with Gasteiger partial charge in [0.1, 0.15) is 8.07 Å². The summed E-state index contributed by atoms with van der Waals surface area (Å²) >= 11 is 5.15. The van der Waals surface area contributed by atoms with Gasteiger partial charge in [-0.25, -0.2) is 0 Å². The van der Waals surface area contributed by atoms with Crippen molar-refractivity contribution in [2.75, 3.05) is 0 Å². The molecule has 0 nitrogen and oxygen atoms in total. The van der Waals surface area contributed by atoms with Gasteiger partial charge in [0, 0.05) is 5.56 Å². The smallest absolute Gasteiger partial charge is 0.129 e. The molecule has 0 N–H and O–H groups in total. The molecule has 0 atom stereocenters. The van der Waals surface area contributed by atoms with Crippen molar-refractivity contribution in [2.45, 2.75) is 19.6 Å². The minimum Gasteiger partial charge on any atom is -0.135 e. The molecule has 0 aliphatic heterocycles. The monoisotopic (exact) mass is 258 g/mol. The fourth-order valence-electron chi connectivity index (χ4n) is 0.636. The molecule has 0 bridgehead atoms. The molecule has 64 valence electrons. The molecule has 0 aromatic carbocycles.